The van der Waals surface area contributed by atoms with Crippen molar-refractivity contribution in [3.05, 3.63) is 24.8 Å². The van der Waals surface area contributed by atoms with Crippen molar-refractivity contribution in [2.24, 2.45) is 0 Å². The van der Waals surface area contributed by atoms with Crippen molar-refractivity contribution in [1.82, 2.24) is 9.97 Å². The van der Waals surface area contributed by atoms with Crippen molar-refractivity contribution >= 4 is 0 Å². The van der Waals surface area contributed by atoms with Gasteiger partial charge in [-0.15, -0.1) is 0 Å². The Bertz CT molecular complexity index is 84.0. The van der Waals surface area contributed by atoms with Crippen LogP contribution in [0.15, 0.2) is 24.8 Å². The quantitative estimate of drug-likeness (QED) is 0.578. The fraction of sp³-hybridized carbons (Fsp3) is 0. The van der Waals surface area contributed by atoms with Gasteiger partial charge in [0.05, 0.1) is 0 Å². The van der Waals surface area contributed by atoms with Gasteiger partial charge in [-0.25, -0.2) is 9.97 Å². The van der Waals surface area contributed by atoms with Gasteiger partial charge in [0.2, 0.25) is 0 Å². The molecule has 0 saturated heterocycles. The molecule has 0 bridgehead atoms. The normalized spacial score (nSPS) is 6.00. The van der Waals surface area contributed by atoms with Crippen LogP contribution in [-0.2, 0) is 42.1 Å². The van der Waals surface area contributed by atoms with Crippen LogP contribution in [0, 0.1) is 0 Å². The third-order valence-electron chi connectivity index (χ3n) is 0.478. The summed E-state index contributed by atoms with van der Waals surface area (Å²) in [6, 6.07) is 1.78. The molecule has 8 heavy (non-hydrogen) atoms. The summed E-state index contributed by atoms with van der Waals surface area (Å²) < 4.78 is 0. The predicted molar refractivity (Wildman–Crippen MR) is 22.0 cm³/mol. The van der Waals surface area contributed by atoms with Gasteiger partial charge < -0.3 is 0 Å². The van der Waals surface area contributed by atoms with E-state index in [1.807, 2.05) is 0 Å². The fourth-order valence-electron chi connectivity index (χ4n) is 0.253. The molecule has 0 atom stereocenters. The van der Waals surface area contributed by atoms with E-state index in [1.165, 1.54) is 6.33 Å². The molecule has 0 aliphatic carbocycles. The van der Waals surface area contributed by atoms with Crippen LogP contribution in [0.4, 0.5) is 0 Å². The molecule has 0 saturated carbocycles. The molecular weight excluding hydrogens is 444 g/mol. The summed E-state index contributed by atoms with van der Waals surface area (Å²) >= 11 is 0. The first kappa shape index (κ1) is 11.3. The van der Waals surface area contributed by atoms with E-state index in [0.717, 1.165) is 0 Å². The maximum atomic E-state index is 3.67. The topological polar surface area (TPSA) is 25.8 Å². The summed E-state index contributed by atoms with van der Waals surface area (Å²) in [6.07, 6.45) is 4.88. The summed E-state index contributed by atoms with van der Waals surface area (Å²) in [7, 11) is 0. The summed E-state index contributed by atoms with van der Waals surface area (Å²) in [5.74, 6) is 0. The molecule has 0 aliphatic heterocycles. The van der Waals surface area contributed by atoms with Crippen molar-refractivity contribution in [2.45, 2.75) is 0 Å². The summed E-state index contributed by atoms with van der Waals surface area (Å²) in [4.78, 5) is 7.35. The molecule has 0 aliphatic rings. The van der Waals surface area contributed by atoms with E-state index in [4.69, 9.17) is 0 Å². The van der Waals surface area contributed by atoms with Crippen LogP contribution in [0.2, 0.25) is 0 Å². The van der Waals surface area contributed by atoms with Crippen molar-refractivity contribution in [2.75, 3.05) is 0 Å². The number of rotatable bonds is 0. The van der Waals surface area contributed by atoms with Gasteiger partial charge >= 0.3 is 42.1 Å². The van der Waals surface area contributed by atoms with E-state index in [1.54, 1.807) is 18.5 Å². The molecule has 1 aromatic heterocycles. The van der Waals surface area contributed by atoms with Crippen LogP contribution in [0.3, 0.4) is 0 Å². The average Bonchev–Trinajstić information content (AvgIpc) is 1.72. The van der Waals surface area contributed by atoms with Gasteiger partial charge in [0, 0.05) is 12.4 Å². The molecule has 0 unspecified atom stereocenters. The van der Waals surface area contributed by atoms with E-state index >= 15 is 0 Å². The van der Waals surface area contributed by atoms with Gasteiger partial charge in [-0.3, -0.25) is 0 Å². The van der Waals surface area contributed by atoms with E-state index in [9.17, 15) is 0 Å². The van der Waals surface area contributed by atoms with Crippen LogP contribution in [0.25, 0.3) is 0 Å². The molecule has 0 radical (unpaired) electrons. The molecule has 1 rings (SSSR count). The minimum Gasteiger partial charge on any atom is -0.245 e. The molecule has 1 aromatic rings. The molecule has 0 amide bonds. The zero-order valence-electron chi connectivity index (χ0n) is 4.02. The molecule has 0 fully saturated rings. The van der Waals surface area contributed by atoms with Gasteiger partial charge in [0.15, 0.2) is 0 Å². The first-order valence-corrected chi connectivity index (χ1v) is 1.70. The van der Waals surface area contributed by atoms with E-state index in [-0.39, 0.29) is 42.1 Å². The maximum absolute atomic E-state index is 3.67. The van der Waals surface area contributed by atoms with Crippen molar-refractivity contribution in [3.8, 4) is 0 Å². The second kappa shape index (κ2) is 7.46. The Morgan fingerprint density at radius 1 is 0.875 bits per heavy atom. The van der Waals surface area contributed by atoms with Crippen LogP contribution in [0.1, 0.15) is 0 Å². The smallest absolute Gasteiger partial charge is 0.245 e. The van der Waals surface area contributed by atoms with Crippen LogP contribution >= 0.6 is 0 Å². The van der Waals surface area contributed by atoms with Gasteiger partial charge in [0.25, 0.3) is 0 Å². The fourth-order valence-corrected chi connectivity index (χ4v) is 0.253. The Kier molecular flexibility index (Phi) is 10.5. The molecule has 2 nitrogen and oxygen atoms in total. The number of aromatic nitrogens is 2. The van der Waals surface area contributed by atoms with Gasteiger partial charge in [-0.1, -0.05) is 0 Å². The molecular formula is C4H4N2W2+4. The Morgan fingerprint density at radius 3 is 1.50 bits per heavy atom. The molecule has 0 spiro atoms. The molecule has 38 valence electrons. The zero-order chi connectivity index (χ0) is 4.24. The van der Waals surface area contributed by atoms with E-state index in [2.05, 4.69) is 9.97 Å². The second-order valence-electron chi connectivity index (χ2n) is 0.904. The largest absolute Gasteiger partial charge is 2.00 e. The van der Waals surface area contributed by atoms with Crippen molar-refractivity contribution in [3.63, 3.8) is 0 Å². The Morgan fingerprint density at radius 2 is 1.38 bits per heavy atom. The molecule has 0 N–H and O–H groups in total. The SMILES string of the molecule is [W+2].[W+2].c1cncnc1. The third-order valence-corrected chi connectivity index (χ3v) is 0.478. The zero-order valence-corrected chi connectivity index (χ0v) is 9.89. The number of hydrogen-bond acceptors (Lipinski definition) is 2. The van der Waals surface area contributed by atoms with Crippen LogP contribution in [-0.4, -0.2) is 9.97 Å². The Hall–Kier alpha value is 0.457. The maximum Gasteiger partial charge on any atom is 2.00 e. The number of hydrogen-bond donors (Lipinski definition) is 0. The van der Waals surface area contributed by atoms with Crippen LogP contribution in [0.5, 0.6) is 0 Å². The molecule has 4 heteroatoms. The minimum absolute atomic E-state index is 0. The standard InChI is InChI=1S/C4H4N2.2W/c1-2-5-4-6-3-1;;/h1-4H;;/q;2*+2. The second-order valence-corrected chi connectivity index (χ2v) is 0.904. The molecule has 0 aromatic carbocycles. The summed E-state index contributed by atoms with van der Waals surface area (Å²) in [6.45, 7) is 0. The summed E-state index contributed by atoms with van der Waals surface area (Å²) in [5, 5.41) is 0. The van der Waals surface area contributed by atoms with Gasteiger partial charge in [-0.05, 0) is 6.07 Å². The van der Waals surface area contributed by atoms with E-state index in [0.29, 0.717) is 0 Å². The van der Waals surface area contributed by atoms with E-state index < -0.39 is 0 Å². The monoisotopic (exact) mass is 448 g/mol. The van der Waals surface area contributed by atoms with Crippen LogP contribution < -0.4 is 0 Å². The van der Waals surface area contributed by atoms with Gasteiger partial charge in [0.1, 0.15) is 6.33 Å². The first-order valence-electron chi connectivity index (χ1n) is 1.70. The predicted octanol–water partition coefficient (Wildman–Crippen LogP) is 0.472. The van der Waals surface area contributed by atoms with Crippen molar-refractivity contribution in [1.29, 1.82) is 0 Å². The molecule has 1 heterocycles. The Balaban J connectivity index is 0. The van der Waals surface area contributed by atoms with Crippen molar-refractivity contribution < 1.29 is 42.1 Å². The minimum atomic E-state index is 0. The number of nitrogens with zero attached hydrogens (tertiary/aromatic N) is 2. The Labute approximate surface area is 76.6 Å². The average molecular weight is 448 g/mol. The third kappa shape index (κ3) is 4.61. The van der Waals surface area contributed by atoms with Gasteiger partial charge in [-0.2, -0.15) is 0 Å². The first-order chi connectivity index (χ1) is 3.00. The summed E-state index contributed by atoms with van der Waals surface area (Å²) in [5.41, 5.74) is 0.